The lowest BCUT2D eigenvalue weighted by atomic mass is 10.1. The van der Waals surface area contributed by atoms with Crippen LogP contribution >= 0.6 is 0 Å². The third kappa shape index (κ3) is 4.45. The molecule has 1 fully saturated rings. The van der Waals surface area contributed by atoms with Crippen LogP contribution in [-0.4, -0.2) is 64.8 Å². The Morgan fingerprint density at radius 1 is 1.57 bits per heavy atom. The highest BCUT2D eigenvalue weighted by Gasteiger charge is 2.33. The molecule has 1 atom stereocenters. The number of H-pyrrole nitrogens is 1. The molecule has 21 heavy (non-hydrogen) atoms. The van der Waals surface area contributed by atoms with Crippen molar-refractivity contribution in [3.8, 4) is 0 Å². The summed E-state index contributed by atoms with van der Waals surface area (Å²) in [6, 6.07) is 1.59. The number of likely N-dealkylation sites (tertiary alicyclic amines) is 1. The summed E-state index contributed by atoms with van der Waals surface area (Å²) in [6.07, 6.45) is -1.95. The number of halogens is 3. The molecular formula is C13H19F3N4O. The molecule has 1 aromatic heterocycles. The van der Waals surface area contributed by atoms with Crippen molar-refractivity contribution < 1.29 is 18.0 Å². The first-order valence-corrected chi connectivity index (χ1v) is 6.97. The normalized spacial score (nSPS) is 19.5. The predicted molar refractivity (Wildman–Crippen MR) is 70.8 cm³/mol. The number of aromatic amines is 1. The van der Waals surface area contributed by atoms with Gasteiger partial charge in [-0.25, -0.2) is 0 Å². The number of carbonyl (C=O) groups excluding carboxylic acids is 1. The predicted octanol–water partition coefficient (Wildman–Crippen LogP) is 1.76. The molecule has 1 aliphatic heterocycles. The smallest absolute Gasteiger partial charge is 0.337 e. The SMILES string of the molecule is CCN(C[C@H]1CCN(C(=O)c2ccn[nH]2)C1)CC(F)(F)F. The minimum atomic E-state index is -4.18. The number of aromatic nitrogens is 2. The van der Waals surface area contributed by atoms with Gasteiger partial charge in [-0.05, 0) is 24.9 Å². The standard InChI is InChI=1S/C13H19F3N4O/c1-2-19(9-13(14,15)16)7-10-4-6-20(8-10)12(21)11-3-5-17-18-11/h3,5,10H,2,4,6-9H2,1H3,(H,17,18)/t10-/m1/s1. The Labute approximate surface area is 121 Å². The third-order valence-corrected chi connectivity index (χ3v) is 3.67. The number of alkyl halides is 3. The minimum Gasteiger partial charge on any atom is -0.337 e. The Bertz CT molecular complexity index is 460. The van der Waals surface area contributed by atoms with E-state index in [1.807, 2.05) is 0 Å². The Kier molecular flexibility index (Phi) is 4.87. The number of hydrogen-bond acceptors (Lipinski definition) is 3. The zero-order valence-electron chi connectivity index (χ0n) is 11.9. The van der Waals surface area contributed by atoms with Crippen LogP contribution in [0.2, 0.25) is 0 Å². The van der Waals surface area contributed by atoms with Crippen molar-refractivity contribution in [1.29, 1.82) is 0 Å². The third-order valence-electron chi connectivity index (χ3n) is 3.67. The fourth-order valence-corrected chi connectivity index (χ4v) is 2.64. The Morgan fingerprint density at radius 2 is 2.33 bits per heavy atom. The van der Waals surface area contributed by atoms with E-state index in [0.29, 0.717) is 31.9 Å². The zero-order chi connectivity index (χ0) is 15.5. The lowest BCUT2D eigenvalue weighted by molar-refractivity contribution is -0.146. The van der Waals surface area contributed by atoms with Crippen LogP contribution in [0, 0.1) is 5.92 Å². The summed E-state index contributed by atoms with van der Waals surface area (Å²) in [5.74, 6) is -0.0620. The summed E-state index contributed by atoms with van der Waals surface area (Å²) in [7, 11) is 0. The van der Waals surface area contributed by atoms with E-state index in [0.717, 1.165) is 6.42 Å². The maximum atomic E-state index is 12.4. The molecule has 1 amide bonds. The van der Waals surface area contributed by atoms with Crippen molar-refractivity contribution in [2.45, 2.75) is 19.5 Å². The molecule has 1 saturated heterocycles. The molecule has 0 radical (unpaired) electrons. The first-order chi connectivity index (χ1) is 9.89. The highest BCUT2D eigenvalue weighted by molar-refractivity contribution is 5.92. The molecule has 2 rings (SSSR count). The first-order valence-electron chi connectivity index (χ1n) is 6.97. The minimum absolute atomic E-state index is 0.0826. The summed E-state index contributed by atoms with van der Waals surface area (Å²) in [6.45, 7) is 2.61. The van der Waals surface area contributed by atoms with Gasteiger partial charge in [0.2, 0.25) is 0 Å². The van der Waals surface area contributed by atoms with E-state index >= 15 is 0 Å². The maximum absolute atomic E-state index is 12.4. The second-order valence-corrected chi connectivity index (χ2v) is 5.32. The molecule has 1 aliphatic rings. The molecule has 1 aromatic rings. The summed E-state index contributed by atoms with van der Waals surface area (Å²) in [5, 5.41) is 6.34. The van der Waals surface area contributed by atoms with Gasteiger partial charge in [0.05, 0.1) is 6.54 Å². The van der Waals surface area contributed by atoms with Gasteiger partial charge in [0.25, 0.3) is 5.91 Å². The van der Waals surface area contributed by atoms with Gasteiger partial charge in [-0.1, -0.05) is 6.92 Å². The molecule has 0 aliphatic carbocycles. The lowest BCUT2D eigenvalue weighted by Crippen LogP contribution is -2.38. The van der Waals surface area contributed by atoms with Gasteiger partial charge in [-0.2, -0.15) is 18.3 Å². The maximum Gasteiger partial charge on any atom is 0.401 e. The largest absolute Gasteiger partial charge is 0.401 e. The van der Waals surface area contributed by atoms with Crippen LogP contribution in [0.15, 0.2) is 12.3 Å². The van der Waals surface area contributed by atoms with E-state index in [1.165, 1.54) is 11.1 Å². The molecule has 118 valence electrons. The number of nitrogens with zero attached hydrogens (tertiary/aromatic N) is 3. The Morgan fingerprint density at radius 3 is 2.90 bits per heavy atom. The number of nitrogens with one attached hydrogen (secondary N) is 1. The first kappa shape index (κ1) is 15.8. The molecule has 0 saturated carbocycles. The lowest BCUT2D eigenvalue weighted by Gasteiger charge is -2.25. The van der Waals surface area contributed by atoms with E-state index < -0.39 is 12.7 Å². The van der Waals surface area contributed by atoms with Crippen LogP contribution in [-0.2, 0) is 0 Å². The van der Waals surface area contributed by atoms with Gasteiger partial charge in [0.15, 0.2) is 0 Å². The van der Waals surface area contributed by atoms with E-state index in [4.69, 9.17) is 0 Å². The fourth-order valence-electron chi connectivity index (χ4n) is 2.64. The van der Waals surface area contributed by atoms with Gasteiger partial charge in [0.1, 0.15) is 5.69 Å². The van der Waals surface area contributed by atoms with Crippen molar-refractivity contribution in [2.24, 2.45) is 5.92 Å². The summed E-state index contributed by atoms with van der Waals surface area (Å²) < 4.78 is 37.3. The van der Waals surface area contributed by atoms with Gasteiger partial charge in [-0.3, -0.25) is 14.8 Å². The van der Waals surface area contributed by atoms with Crippen LogP contribution in [0.5, 0.6) is 0 Å². The molecule has 5 nitrogen and oxygen atoms in total. The van der Waals surface area contributed by atoms with Crippen LogP contribution in [0.3, 0.4) is 0 Å². The molecule has 0 spiro atoms. The van der Waals surface area contributed by atoms with Crippen LogP contribution < -0.4 is 0 Å². The van der Waals surface area contributed by atoms with Gasteiger partial charge in [-0.15, -0.1) is 0 Å². The molecule has 0 bridgehead atoms. The van der Waals surface area contributed by atoms with Crippen molar-refractivity contribution >= 4 is 5.91 Å². The van der Waals surface area contributed by atoms with Crippen molar-refractivity contribution in [1.82, 2.24) is 20.0 Å². The average molecular weight is 304 g/mol. The number of amides is 1. The van der Waals surface area contributed by atoms with Crippen molar-refractivity contribution in [3.63, 3.8) is 0 Å². The molecule has 2 heterocycles. The second kappa shape index (κ2) is 6.46. The van der Waals surface area contributed by atoms with E-state index in [1.54, 1.807) is 17.9 Å². The zero-order valence-corrected chi connectivity index (χ0v) is 11.9. The fraction of sp³-hybridized carbons (Fsp3) is 0.692. The quantitative estimate of drug-likeness (QED) is 0.902. The average Bonchev–Trinajstić information content (AvgIpc) is 3.06. The molecule has 8 heteroatoms. The monoisotopic (exact) mass is 304 g/mol. The molecule has 1 N–H and O–H groups in total. The van der Waals surface area contributed by atoms with E-state index in [9.17, 15) is 18.0 Å². The van der Waals surface area contributed by atoms with E-state index in [-0.39, 0.29) is 11.8 Å². The Hall–Kier alpha value is -1.57. The molecule has 0 aromatic carbocycles. The van der Waals surface area contributed by atoms with Crippen LogP contribution in [0.1, 0.15) is 23.8 Å². The van der Waals surface area contributed by atoms with Crippen molar-refractivity contribution in [3.05, 3.63) is 18.0 Å². The highest BCUT2D eigenvalue weighted by atomic mass is 19.4. The molecule has 0 unspecified atom stereocenters. The number of carbonyl (C=O) groups is 1. The topological polar surface area (TPSA) is 52.2 Å². The van der Waals surface area contributed by atoms with E-state index in [2.05, 4.69) is 10.2 Å². The van der Waals surface area contributed by atoms with Crippen LogP contribution in [0.25, 0.3) is 0 Å². The number of hydrogen-bond donors (Lipinski definition) is 1. The second-order valence-electron chi connectivity index (χ2n) is 5.32. The summed E-state index contributed by atoms with van der Waals surface area (Å²) in [5.41, 5.74) is 0.415. The molecular weight excluding hydrogens is 285 g/mol. The van der Waals surface area contributed by atoms with Crippen molar-refractivity contribution in [2.75, 3.05) is 32.7 Å². The highest BCUT2D eigenvalue weighted by Crippen LogP contribution is 2.22. The number of rotatable bonds is 5. The summed E-state index contributed by atoms with van der Waals surface area (Å²) >= 11 is 0. The van der Waals surface area contributed by atoms with Crippen LogP contribution in [0.4, 0.5) is 13.2 Å². The van der Waals surface area contributed by atoms with Gasteiger partial charge < -0.3 is 4.90 Å². The Balaban J connectivity index is 1.86. The van der Waals surface area contributed by atoms with Gasteiger partial charge >= 0.3 is 6.18 Å². The van der Waals surface area contributed by atoms with Gasteiger partial charge in [0, 0.05) is 25.8 Å². The summed E-state index contributed by atoms with van der Waals surface area (Å²) in [4.78, 5) is 15.1.